The van der Waals surface area contributed by atoms with E-state index in [0.29, 0.717) is 12.0 Å². The Morgan fingerprint density at radius 3 is 2.67 bits per heavy atom. The molecule has 196 valence electrons. The molecule has 2 spiro atoms. The van der Waals surface area contributed by atoms with Crippen LogP contribution in [0.1, 0.15) is 81.8 Å². The predicted octanol–water partition coefficient (Wildman–Crippen LogP) is 4.86. The first-order valence-corrected chi connectivity index (χ1v) is 14.9. The third-order valence-corrected chi connectivity index (χ3v) is 12.5. The second kappa shape index (κ2) is 7.64. The Bertz CT molecular complexity index is 1060. The highest BCUT2D eigenvalue weighted by Gasteiger charge is 2.81. The minimum absolute atomic E-state index is 0.0216. The number of benzene rings is 1. The van der Waals surface area contributed by atoms with Crippen LogP contribution in [0.4, 0.5) is 0 Å². The first-order valence-electron chi connectivity index (χ1n) is 14.9. The van der Waals surface area contributed by atoms with Crippen molar-refractivity contribution < 1.29 is 19.3 Å². The van der Waals surface area contributed by atoms with Gasteiger partial charge in [-0.15, -0.1) is 0 Å². The lowest BCUT2D eigenvalue weighted by Crippen LogP contribution is -2.82. The van der Waals surface area contributed by atoms with Crippen molar-refractivity contribution >= 4 is 0 Å². The fraction of sp³-hybridized carbons (Fsp3) is 0.806. The van der Waals surface area contributed by atoms with Crippen LogP contribution in [0.2, 0.25) is 0 Å². The molecule has 1 aromatic carbocycles. The molecule has 1 aromatic rings. The monoisotopic (exact) mass is 493 g/mol. The Hall–Kier alpha value is -1.30. The lowest BCUT2D eigenvalue weighted by atomic mass is 9.34. The lowest BCUT2D eigenvalue weighted by molar-refractivity contribution is -0.293. The van der Waals surface area contributed by atoms with E-state index >= 15 is 0 Å². The summed E-state index contributed by atoms with van der Waals surface area (Å²) in [6, 6.07) is 5.01. The lowest BCUT2D eigenvalue weighted by Gasteiger charge is -2.74. The number of ether oxygens (including phenoxy) is 3. The molecule has 1 saturated heterocycles. The molecule has 0 amide bonds. The summed E-state index contributed by atoms with van der Waals surface area (Å²) in [6.07, 6.45) is 14.2. The maximum Gasteiger partial charge on any atom is 0.165 e. The van der Waals surface area contributed by atoms with Gasteiger partial charge in [0.15, 0.2) is 11.5 Å². The van der Waals surface area contributed by atoms with Crippen molar-refractivity contribution in [2.75, 3.05) is 27.3 Å². The maximum absolute atomic E-state index is 12.1. The zero-order valence-corrected chi connectivity index (χ0v) is 22.1. The number of methoxy groups -OCH3 is 2. The van der Waals surface area contributed by atoms with Gasteiger partial charge in [-0.3, -0.25) is 4.90 Å². The molecule has 0 unspecified atom stereocenters. The molecule has 5 heteroatoms. The summed E-state index contributed by atoms with van der Waals surface area (Å²) in [5.74, 6) is 3.31. The van der Waals surface area contributed by atoms with E-state index < -0.39 is 5.60 Å². The Kier molecular flexibility index (Phi) is 4.81. The molecule has 5 nitrogen and oxygen atoms in total. The van der Waals surface area contributed by atoms with Crippen molar-refractivity contribution in [3.63, 3.8) is 0 Å². The fourth-order valence-electron chi connectivity index (χ4n) is 10.8. The van der Waals surface area contributed by atoms with Gasteiger partial charge in [0.2, 0.25) is 0 Å². The van der Waals surface area contributed by atoms with Crippen LogP contribution in [0.5, 0.6) is 11.5 Å². The Morgan fingerprint density at radius 1 is 1.08 bits per heavy atom. The van der Waals surface area contributed by atoms with Gasteiger partial charge in [-0.1, -0.05) is 25.3 Å². The van der Waals surface area contributed by atoms with Crippen LogP contribution in [-0.2, 0) is 16.6 Å². The molecule has 9 rings (SSSR count). The van der Waals surface area contributed by atoms with Crippen LogP contribution in [0, 0.1) is 23.2 Å². The molecule has 0 radical (unpaired) electrons. The summed E-state index contributed by atoms with van der Waals surface area (Å²) >= 11 is 0. The van der Waals surface area contributed by atoms with Gasteiger partial charge in [-0.05, 0) is 87.8 Å². The van der Waals surface area contributed by atoms with Crippen molar-refractivity contribution in [3.8, 4) is 11.5 Å². The fourth-order valence-corrected chi connectivity index (χ4v) is 10.8. The Labute approximate surface area is 215 Å². The van der Waals surface area contributed by atoms with E-state index in [4.69, 9.17) is 14.2 Å². The summed E-state index contributed by atoms with van der Waals surface area (Å²) in [5, 5.41) is 12.1. The summed E-state index contributed by atoms with van der Waals surface area (Å²) < 4.78 is 19.7. The number of fused-ring (bicyclic) bond motifs is 2. The first-order chi connectivity index (χ1) is 17.6. The van der Waals surface area contributed by atoms with Crippen molar-refractivity contribution in [2.24, 2.45) is 23.2 Å². The van der Waals surface area contributed by atoms with Gasteiger partial charge in [0.05, 0.1) is 13.2 Å². The Morgan fingerprint density at radius 2 is 1.92 bits per heavy atom. The third kappa shape index (κ3) is 2.59. The maximum atomic E-state index is 12.1. The van der Waals surface area contributed by atoms with Gasteiger partial charge >= 0.3 is 0 Å². The summed E-state index contributed by atoms with van der Waals surface area (Å²) in [4.78, 5) is 2.89. The summed E-state index contributed by atoms with van der Waals surface area (Å²) in [7, 11) is 3.68. The van der Waals surface area contributed by atoms with E-state index in [1.54, 1.807) is 7.11 Å². The molecule has 4 bridgehead atoms. The van der Waals surface area contributed by atoms with Crippen molar-refractivity contribution in [1.82, 2.24) is 4.90 Å². The number of hydrogen-bond acceptors (Lipinski definition) is 5. The number of piperidine rings is 1. The molecule has 6 fully saturated rings. The molecule has 2 heterocycles. The molecule has 36 heavy (non-hydrogen) atoms. The van der Waals surface area contributed by atoms with E-state index in [0.717, 1.165) is 62.5 Å². The van der Waals surface area contributed by atoms with Crippen molar-refractivity contribution in [3.05, 3.63) is 23.3 Å². The average Bonchev–Trinajstić information content (AvgIpc) is 3.67. The summed E-state index contributed by atoms with van der Waals surface area (Å²) in [6.45, 7) is 2.42. The molecule has 1 N–H and O–H groups in total. The summed E-state index contributed by atoms with van der Waals surface area (Å²) in [5.41, 5.74) is 2.64. The van der Waals surface area contributed by atoms with E-state index in [-0.39, 0.29) is 29.0 Å². The van der Waals surface area contributed by atoms with Gasteiger partial charge < -0.3 is 19.3 Å². The minimum atomic E-state index is -0.430. The smallest absolute Gasteiger partial charge is 0.165 e. The SMILES string of the molecule is COc1ccc2c3c1O[C@H]1[C@@]4(OC)CC[C@@]5(C[C@@H]4[C@H](O)C4CCCCC4)[C@@H](C2)N(CC2CC2)CC[C@]315. The van der Waals surface area contributed by atoms with Gasteiger partial charge in [0, 0.05) is 42.0 Å². The van der Waals surface area contributed by atoms with E-state index in [2.05, 4.69) is 17.0 Å². The molecule has 2 aliphatic heterocycles. The first kappa shape index (κ1) is 22.7. The third-order valence-electron chi connectivity index (χ3n) is 12.5. The molecular formula is C31H43NO4. The molecule has 6 aliphatic carbocycles. The number of nitrogens with zero attached hydrogens (tertiary/aromatic N) is 1. The topological polar surface area (TPSA) is 51.2 Å². The zero-order valence-electron chi connectivity index (χ0n) is 22.1. The number of likely N-dealkylation sites (tertiary alicyclic amines) is 1. The van der Waals surface area contributed by atoms with Crippen LogP contribution in [0.15, 0.2) is 12.1 Å². The van der Waals surface area contributed by atoms with Gasteiger partial charge in [-0.25, -0.2) is 0 Å². The average molecular weight is 494 g/mol. The van der Waals surface area contributed by atoms with Gasteiger partial charge in [-0.2, -0.15) is 0 Å². The molecule has 0 aromatic heterocycles. The second-order valence-electron chi connectivity index (χ2n) is 13.5. The molecule has 5 saturated carbocycles. The molecule has 7 atom stereocenters. The van der Waals surface area contributed by atoms with Crippen molar-refractivity contribution in [2.45, 2.75) is 106 Å². The van der Waals surface area contributed by atoms with Crippen LogP contribution < -0.4 is 9.47 Å². The normalized spacial score (nSPS) is 43.7. The standard InChI is InChI=1S/C31H43NO4/c1-34-23-11-10-21-16-24-29-12-13-31(35-2,22(17-29)26(33)20-6-4-3-5-7-20)28-30(29,25(21)27(23)36-28)14-15-32(24)18-19-8-9-19/h10-11,19-20,22,24,26,28,33H,3-9,12-18H2,1-2H3/t22-,24-,26-,28-,29-,30+,31-/m1/s1. The predicted molar refractivity (Wildman–Crippen MR) is 138 cm³/mol. The van der Waals surface area contributed by atoms with Crippen LogP contribution >= 0.6 is 0 Å². The molecule has 8 aliphatic rings. The number of aliphatic hydroxyl groups is 1. The van der Waals surface area contributed by atoms with Crippen LogP contribution in [-0.4, -0.2) is 61.2 Å². The quantitative estimate of drug-likeness (QED) is 0.613. The van der Waals surface area contributed by atoms with Crippen LogP contribution in [0.3, 0.4) is 0 Å². The number of rotatable bonds is 6. The number of hydrogen-bond donors (Lipinski definition) is 1. The zero-order chi connectivity index (χ0) is 24.3. The van der Waals surface area contributed by atoms with E-state index in [1.165, 1.54) is 56.2 Å². The number of aliphatic hydroxyl groups excluding tert-OH is 1. The van der Waals surface area contributed by atoms with Crippen molar-refractivity contribution in [1.29, 1.82) is 0 Å². The van der Waals surface area contributed by atoms with E-state index in [9.17, 15) is 5.11 Å². The second-order valence-corrected chi connectivity index (χ2v) is 13.5. The highest BCUT2D eigenvalue weighted by molar-refractivity contribution is 5.63. The largest absolute Gasteiger partial charge is 0.493 e. The molecular weight excluding hydrogens is 450 g/mol. The van der Waals surface area contributed by atoms with Gasteiger partial charge in [0.25, 0.3) is 0 Å². The van der Waals surface area contributed by atoms with E-state index in [1.807, 2.05) is 7.11 Å². The Balaban J connectivity index is 1.31. The minimum Gasteiger partial charge on any atom is -0.493 e. The van der Waals surface area contributed by atoms with Crippen LogP contribution in [0.25, 0.3) is 0 Å². The highest BCUT2D eigenvalue weighted by atomic mass is 16.6. The van der Waals surface area contributed by atoms with Gasteiger partial charge in [0.1, 0.15) is 11.7 Å². The highest BCUT2D eigenvalue weighted by Crippen LogP contribution is 2.77.